The lowest BCUT2D eigenvalue weighted by molar-refractivity contribution is -0.138. The van der Waals surface area contributed by atoms with Crippen LogP contribution in [0.3, 0.4) is 0 Å². The zero-order valence-electron chi connectivity index (χ0n) is 20.1. The zero-order valence-corrected chi connectivity index (χ0v) is 21.1. The lowest BCUT2D eigenvalue weighted by Gasteiger charge is -2.38. The Labute approximate surface area is 191 Å². The van der Waals surface area contributed by atoms with Gasteiger partial charge in [-0.15, -0.1) is 0 Å². The van der Waals surface area contributed by atoms with Crippen LogP contribution < -0.4 is 0 Å². The van der Waals surface area contributed by atoms with Crippen molar-refractivity contribution in [3.05, 3.63) is 34.9 Å². The number of carbonyl (C=O) groups excluding carboxylic acids is 1. The Hall–Kier alpha value is -1.42. The van der Waals surface area contributed by atoms with Crippen molar-refractivity contribution in [1.82, 2.24) is 9.80 Å². The Morgan fingerprint density at radius 3 is 2.19 bits per heavy atom. The van der Waals surface area contributed by atoms with Crippen molar-refractivity contribution < 1.29 is 27.1 Å². The molecule has 0 saturated carbocycles. The second-order valence-corrected chi connectivity index (χ2v) is 14.6. The molecule has 1 saturated heterocycles. The van der Waals surface area contributed by atoms with Crippen LogP contribution in [0.5, 0.6) is 0 Å². The number of halogens is 3. The van der Waals surface area contributed by atoms with Crippen LogP contribution >= 0.6 is 0 Å². The van der Waals surface area contributed by atoms with E-state index in [1.807, 2.05) is 4.90 Å². The highest BCUT2D eigenvalue weighted by Gasteiger charge is 2.37. The van der Waals surface area contributed by atoms with Crippen LogP contribution in [0.1, 0.15) is 49.2 Å². The quantitative estimate of drug-likeness (QED) is 0.391. The highest BCUT2D eigenvalue weighted by Crippen LogP contribution is 2.36. The summed E-state index contributed by atoms with van der Waals surface area (Å²) >= 11 is 0. The third-order valence-corrected chi connectivity index (χ3v) is 11.0. The van der Waals surface area contributed by atoms with Crippen molar-refractivity contribution in [2.45, 2.75) is 58.5 Å². The molecule has 0 aromatic heterocycles. The van der Waals surface area contributed by atoms with E-state index in [4.69, 9.17) is 9.16 Å². The van der Waals surface area contributed by atoms with E-state index in [2.05, 4.69) is 38.8 Å². The van der Waals surface area contributed by atoms with E-state index < -0.39 is 26.0 Å². The highest BCUT2D eigenvalue weighted by molar-refractivity contribution is 6.74. The van der Waals surface area contributed by atoms with Gasteiger partial charge in [-0.05, 0) is 42.8 Å². The van der Waals surface area contributed by atoms with Gasteiger partial charge in [0.05, 0.1) is 17.7 Å². The van der Waals surface area contributed by atoms with E-state index in [0.717, 1.165) is 25.7 Å². The lowest BCUT2D eigenvalue weighted by atomic mass is 10.0. The van der Waals surface area contributed by atoms with Crippen LogP contribution in [0.25, 0.3) is 0 Å². The Kier molecular flexibility index (Phi) is 8.95. The number of hydrogen-bond acceptors (Lipinski definition) is 5. The van der Waals surface area contributed by atoms with Crippen LogP contribution in [0.4, 0.5) is 13.2 Å². The Morgan fingerprint density at radius 2 is 1.66 bits per heavy atom. The molecule has 1 aliphatic rings. The molecule has 32 heavy (non-hydrogen) atoms. The van der Waals surface area contributed by atoms with Crippen molar-refractivity contribution in [3.8, 4) is 0 Å². The van der Waals surface area contributed by atoms with Gasteiger partial charge >= 0.3 is 12.1 Å². The topological polar surface area (TPSA) is 42.0 Å². The second-order valence-electron chi connectivity index (χ2n) is 9.82. The summed E-state index contributed by atoms with van der Waals surface area (Å²) in [6, 6.07) is 3.72. The normalized spacial score (nSPS) is 16.9. The SMILES string of the molecule is CCOC(=O)c1ccc(CN2CCN(CCO[Si](C)(C)C(C)(C)C)CC2)c(C(F)(F)F)c1. The fraction of sp³-hybridized carbons (Fsp3) is 0.696. The Balaban J connectivity index is 1.93. The van der Waals surface area contributed by atoms with Gasteiger partial charge < -0.3 is 9.16 Å². The maximum atomic E-state index is 13.6. The number of esters is 1. The summed E-state index contributed by atoms with van der Waals surface area (Å²) in [4.78, 5) is 16.2. The molecule has 0 bridgehead atoms. The maximum absolute atomic E-state index is 13.6. The molecule has 5 nitrogen and oxygen atoms in total. The number of alkyl halides is 3. The molecule has 0 N–H and O–H groups in total. The highest BCUT2D eigenvalue weighted by atomic mass is 28.4. The molecular weight excluding hydrogens is 437 g/mol. The fourth-order valence-electron chi connectivity index (χ4n) is 3.38. The first-order chi connectivity index (χ1) is 14.7. The molecule has 182 valence electrons. The van der Waals surface area contributed by atoms with Gasteiger partial charge in [0.25, 0.3) is 0 Å². The van der Waals surface area contributed by atoms with Gasteiger partial charge in [-0.25, -0.2) is 4.79 Å². The standard InChI is InChI=1S/C23H37F3N2O3Si/c1-7-30-21(29)18-8-9-19(20(16-18)23(24,25)26)17-28-12-10-27(11-13-28)14-15-31-32(5,6)22(2,3)4/h8-9,16H,7,10-15,17H2,1-6H3. The molecule has 0 unspecified atom stereocenters. The van der Waals surface area contributed by atoms with E-state index in [0.29, 0.717) is 19.7 Å². The van der Waals surface area contributed by atoms with Gasteiger partial charge in [-0.3, -0.25) is 9.80 Å². The molecule has 1 aromatic carbocycles. The minimum Gasteiger partial charge on any atom is -0.462 e. The number of nitrogens with zero attached hydrogens (tertiary/aromatic N) is 2. The molecule has 0 amide bonds. The summed E-state index contributed by atoms with van der Waals surface area (Å²) in [5.74, 6) is -0.738. The molecular formula is C23H37F3N2O3Si. The van der Waals surface area contributed by atoms with Gasteiger partial charge in [0.15, 0.2) is 8.32 Å². The van der Waals surface area contributed by atoms with Gasteiger partial charge in [0, 0.05) is 45.9 Å². The first-order valence-electron chi connectivity index (χ1n) is 11.2. The van der Waals surface area contributed by atoms with E-state index in [-0.39, 0.29) is 29.3 Å². The number of hydrogen-bond donors (Lipinski definition) is 0. The van der Waals surface area contributed by atoms with Crippen molar-refractivity contribution in [1.29, 1.82) is 0 Å². The summed E-state index contributed by atoms with van der Waals surface area (Å²) in [6.07, 6.45) is -4.53. The maximum Gasteiger partial charge on any atom is 0.416 e. The number of carbonyl (C=O) groups is 1. The predicted octanol–water partition coefficient (Wildman–Crippen LogP) is 5.02. The van der Waals surface area contributed by atoms with Gasteiger partial charge in [0.2, 0.25) is 0 Å². The van der Waals surface area contributed by atoms with Crippen molar-refractivity contribution in [3.63, 3.8) is 0 Å². The third kappa shape index (κ3) is 7.30. The molecule has 1 fully saturated rings. The van der Waals surface area contributed by atoms with E-state index in [1.54, 1.807) is 6.92 Å². The summed E-state index contributed by atoms with van der Waals surface area (Å²) in [5, 5.41) is 0.171. The smallest absolute Gasteiger partial charge is 0.416 e. The number of ether oxygens (including phenoxy) is 1. The molecule has 1 heterocycles. The van der Waals surface area contributed by atoms with Crippen molar-refractivity contribution >= 4 is 14.3 Å². The van der Waals surface area contributed by atoms with E-state index in [9.17, 15) is 18.0 Å². The van der Waals surface area contributed by atoms with Crippen LogP contribution in [0, 0.1) is 0 Å². The molecule has 9 heteroatoms. The van der Waals surface area contributed by atoms with Crippen molar-refractivity contribution in [2.24, 2.45) is 0 Å². The molecule has 0 spiro atoms. The van der Waals surface area contributed by atoms with Gasteiger partial charge in [-0.2, -0.15) is 13.2 Å². The van der Waals surface area contributed by atoms with Gasteiger partial charge in [-0.1, -0.05) is 26.8 Å². The van der Waals surface area contributed by atoms with Crippen molar-refractivity contribution in [2.75, 3.05) is 45.9 Å². The third-order valence-electron chi connectivity index (χ3n) is 6.46. The van der Waals surface area contributed by atoms with Gasteiger partial charge in [0.1, 0.15) is 0 Å². The Bertz CT molecular complexity index is 771. The summed E-state index contributed by atoms with van der Waals surface area (Å²) in [7, 11) is -1.77. The van der Waals surface area contributed by atoms with Crippen LogP contribution in [-0.2, 0) is 21.9 Å². The van der Waals surface area contributed by atoms with Crippen LogP contribution in [0.2, 0.25) is 18.1 Å². The molecule has 0 radical (unpaired) electrons. The summed E-state index contributed by atoms with van der Waals surface area (Å²) in [5.41, 5.74) is -0.664. The number of rotatable bonds is 8. The zero-order chi connectivity index (χ0) is 24.2. The molecule has 1 aromatic rings. The summed E-state index contributed by atoms with van der Waals surface area (Å²) in [6.45, 7) is 17.5. The first-order valence-corrected chi connectivity index (χ1v) is 14.1. The predicted molar refractivity (Wildman–Crippen MR) is 122 cm³/mol. The number of benzene rings is 1. The molecule has 1 aliphatic heterocycles. The van der Waals surface area contributed by atoms with E-state index in [1.165, 1.54) is 12.1 Å². The molecule has 0 aliphatic carbocycles. The lowest BCUT2D eigenvalue weighted by Crippen LogP contribution is -2.48. The molecule has 0 atom stereocenters. The largest absolute Gasteiger partial charge is 0.462 e. The van der Waals surface area contributed by atoms with E-state index >= 15 is 0 Å². The fourth-order valence-corrected chi connectivity index (χ4v) is 4.41. The minimum atomic E-state index is -4.53. The molecule has 2 rings (SSSR count). The van der Waals surface area contributed by atoms with Crippen LogP contribution in [0.15, 0.2) is 18.2 Å². The first kappa shape index (κ1) is 26.8. The second kappa shape index (κ2) is 10.7. The average molecular weight is 475 g/mol. The monoisotopic (exact) mass is 474 g/mol. The van der Waals surface area contributed by atoms with Crippen LogP contribution in [-0.4, -0.2) is 70.0 Å². The minimum absolute atomic E-state index is 0.0746. The number of piperazine rings is 1. The Morgan fingerprint density at radius 1 is 1.06 bits per heavy atom. The summed E-state index contributed by atoms with van der Waals surface area (Å²) < 4.78 is 52.0. The average Bonchev–Trinajstić information content (AvgIpc) is 2.68.